The molecule has 0 spiro atoms. The van der Waals surface area contributed by atoms with E-state index in [4.69, 9.17) is 16.3 Å². The summed E-state index contributed by atoms with van der Waals surface area (Å²) in [5.41, 5.74) is -2.38. The molecule has 2 aromatic carbocycles. The van der Waals surface area contributed by atoms with Crippen LogP contribution in [-0.4, -0.2) is 29.6 Å². The molecule has 1 saturated carbocycles. The van der Waals surface area contributed by atoms with Crippen molar-refractivity contribution in [3.63, 3.8) is 0 Å². The van der Waals surface area contributed by atoms with Crippen molar-refractivity contribution in [1.29, 1.82) is 0 Å². The molecule has 2 aliphatic rings. The third-order valence-corrected chi connectivity index (χ3v) is 8.06. The number of alkyl halides is 3. The predicted molar refractivity (Wildman–Crippen MR) is 148 cm³/mol. The second kappa shape index (κ2) is 11.8. The van der Waals surface area contributed by atoms with E-state index < -0.39 is 47.1 Å². The number of amides is 2. The quantitative estimate of drug-likeness (QED) is 0.177. The van der Waals surface area contributed by atoms with Gasteiger partial charge in [-0.3, -0.25) is 9.78 Å². The number of ether oxygens (including phenoxy) is 1. The minimum absolute atomic E-state index is 0.0748. The Morgan fingerprint density at radius 3 is 2.40 bits per heavy atom. The molecule has 2 aliphatic carbocycles. The maximum absolute atomic E-state index is 14.9. The van der Waals surface area contributed by atoms with E-state index in [9.17, 15) is 27.2 Å². The fraction of sp³-hybridized carbons (Fsp3) is 0.323. The Hall–Kier alpha value is -3.92. The molecule has 6 nitrogen and oxygen atoms in total. The Balaban J connectivity index is 1.60. The molecule has 2 N–H and O–H groups in total. The Morgan fingerprint density at radius 2 is 1.74 bits per heavy atom. The van der Waals surface area contributed by atoms with Gasteiger partial charge in [0.2, 0.25) is 0 Å². The summed E-state index contributed by atoms with van der Waals surface area (Å²) in [4.78, 5) is 31.0. The normalized spacial score (nSPS) is 22.4. The van der Waals surface area contributed by atoms with Gasteiger partial charge in [0.05, 0.1) is 34.8 Å². The largest absolute Gasteiger partial charge is 0.466 e. The first-order valence-corrected chi connectivity index (χ1v) is 13.9. The summed E-state index contributed by atoms with van der Waals surface area (Å²) in [5.74, 6) is -2.42. The van der Waals surface area contributed by atoms with Crippen LogP contribution >= 0.6 is 11.6 Å². The lowest BCUT2D eigenvalue weighted by atomic mass is 9.79. The molecule has 5 rings (SSSR count). The predicted octanol–water partition coefficient (Wildman–Crippen LogP) is 6.43. The number of pyridine rings is 1. The highest BCUT2D eigenvalue weighted by Gasteiger charge is 2.50. The molecule has 0 radical (unpaired) electrons. The minimum atomic E-state index is -4.85. The molecular formula is C31H28ClF4N3O3. The number of halogens is 5. The van der Waals surface area contributed by atoms with Gasteiger partial charge in [0.1, 0.15) is 11.4 Å². The maximum Gasteiger partial charge on any atom is 0.416 e. The van der Waals surface area contributed by atoms with Crippen molar-refractivity contribution in [3.8, 4) is 0 Å². The molecule has 0 saturated heterocycles. The number of nitrogens with zero attached hydrogens (tertiary/aromatic N) is 1. The molecule has 1 fully saturated rings. The SMILES string of the molecule is CCOC(=O)[C@H]1[C@@H](NC(=O)N[C@](Cc2ccccc2)(c2cc(F)cc(C(F)(F)F)c2)c2ccc(Cl)cn2)[C@@H]2C=C[C@H]1C2. The number of benzene rings is 2. The first-order chi connectivity index (χ1) is 20.0. The van der Waals surface area contributed by atoms with E-state index in [-0.39, 0.29) is 41.1 Å². The van der Waals surface area contributed by atoms with Gasteiger partial charge in [-0.2, -0.15) is 13.2 Å². The Labute approximate surface area is 245 Å². The summed E-state index contributed by atoms with van der Waals surface area (Å²) in [7, 11) is 0. The van der Waals surface area contributed by atoms with Crippen LogP contribution in [0.2, 0.25) is 5.02 Å². The molecule has 3 aromatic rings. The molecule has 11 heteroatoms. The lowest BCUT2D eigenvalue weighted by Gasteiger charge is -2.37. The van der Waals surface area contributed by atoms with Gasteiger partial charge in [0, 0.05) is 12.6 Å². The maximum atomic E-state index is 14.9. The second-order valence-corrected chi connectivity index (χ2v) is 10.9. The summed E-state index contributed by atoms with van der Waals surface area (Å²) in [6, 6.07) is 12.5. The number of esters is 1. The van der Waals surface area contributed by atoms with Crippen molar-refractivity contribution in [2.24, 2.45) is 17.8 Å². The molecule has 42 heavy (non-hydrogen) atoms. The summed E-state index contributed by atoms with van der Waals surface area (Å²) in [6.45, 7) is 1.88. The van der Waals surface area contributed by atoms with Crippen LogP contribution in [0, 0.1) is 23.6 Å². The van der Waals surface area contributed by atoms with Gasteiger partial charge in [-0.25, -0.2) is 9.18 Å². The van der Waals surface area contributed by atoms with Crippen LogP contribution in [0.3, 0.4) is 0 Å². The monoisotopic (exact) mass is 601 g/mol. The molecule has 2 bridgehead atoms. The molecule has 1 aromatic heterocycles. The van der Waals surface area contributed by atoms with Crippen molar-refractivity contribution in [3.05, 3.63) is 112 Å². The number of urea groups is 1. The van der Waals surface area contributed by atoms with Crippen LogP contribution in [0.15, 0.2) is 79.0 Å². The van der Waals surface area contributed by atoms with E-state index in [1.807, 2.05) is 12.2 Å². The zero-order chi connectivity index (χ0) is 30.1. The number of fused-ring (bicyclic) bond motifs is 2. The summed E-state index contributed by atoms with van der Waals surface area (Å²) in [5, 5.41) is 5.99. The van der Waals surface area contributed by atoms with Crippen LogP contribution in [0.5, 0.6) is 0 Å². The van der Waals surface area contributed by atoms with Crippen LogP contribution < -0.4 is 10.6 Å². The molecule has 0 aliphatic heterocycles. The zero-order valence-electron chi connectivity index (χ0n) is 22.5. The lowest BCUT2D eigenvalue weighted by Crippen LogP contribution is -2.56. The third-order valence-electron chi connectivity index (χ3n) is 7.84. The molecule has 220 valence electrons. The van der Waals surface area contributed by atoms with Gasteiger partial charge < -0.3 is 15.4 Å². The first kappa shape index (κ1) is 29.6. The number of hydrogen-bond donors (Lipinski definition) is 2. The van der Waals surface area contributed by atoms with Crippen LogP contribution in [0.4, 0.5) is 22.4 Å². The zero-order valence-corrected chi connectivity index (χ0v) is 23.3. The highest BCUT2D eigenvalue weighted by Crippen LogP contribution is 2.44. The van der Waals surface area contributed by atoms with Crippen molar-refractivity contribution in [2.75, 3.05) is 6.61 Å². The Morgan fingerprint density at radius 1 is 1.02 bits per heavy atom. The topological polar surface area (TPSA) is 80.3 Å². The molecule has 2 amide bonds. The number of allylic oxidation sites excluding steroid dienone is 1. The van der Waals surface area contributed by atoms with E-state index in [0.29, 0.717) is 18.1 Å². The van der Waals surface area contributed by atoms with Crippen LogP contribution in [-0.2, 0) is 27.7 Å². The lowest BCUT2D eigenvalue weighted by molar-refractivity contribution is -0.149. The summed E-state index contributed by atoms with van der Waals surface area (Å²) >= 11 is 6.08. The van der Waals surface area contributed by atoms with Gasteiger partial charge >= 0.3 is 18.2 Å². The molecule has 5 atom stereocenters. The smallest absolute Gasteiger partial charge is 0.416 e. The number of carbonyl (C=O) groups is 2. The second-order valence-electron chi connectivity index (χ2n) is 10.5. The number of aromatic nitrogens is 1. The first-order valence-electron chi connectivity index (χ1n) is 13.5. The molecular weight excluding hydrogens is 574 g/mol. The fourth-order valence-electron chi connectivity index (χ4n) is 6.01. The van der Waals surface area contributed by atoms with Gasteiger partial charge in [-0.15, -0.1) is 0 Å². The highest BCUT2D eigenvalue weighted by molar-refractivity contribution is 6.30. The minimum Gasteiger partial charge on any atom is -0.466 e. The molecule has 0 unspecified atom stereocenters. The number of rotatable bonds is 8. The van der Waals surface area contributed by atoms with Crippen molar-refractivity contribution in [2.45, 2.75) is 37.5 Å². The molecule has 1 heterocycles. The van der Waals surface area contributed by atoms with Gasteiger partial charge in [0.25, 0.3) is 0 Å². The van der Waals surface area contributed by atoms with Crippen molar-refractivity contribution < 1.29 is 31.9 Å². The Kier molecular flexibility index (Phi) is 8.28. The summed E-state index contributed by atoms with van der Waals surface area (Å²) in [6.07, 6.45) is 0.900. The van der Waals surface area contributed by atoms with E-state index in [0.717, 1.165) is 12.1 Å². The average Bonchev–Trinajstić information content (AvgIpc) is 3.55. The van der Waals surface area contributed by atoms with Gasteiger partial charge in [-0.1, -0.05) is 54.1 Å². The summed E-state index contributed by atoms with van der Waals surface area (Å²) < 4.78 is 61.7. The Bertz CT molecular complexity index is 1480. The fourth-order valence-corrected chi connectivity index (χ4v) is 6.12. The van der Waals surface area contributed by atoms with Crippen LogP contribution in [0.1, 0.15) is 35.7 Å². The number of carbonyl (C=O) groups excluding carboxylic acids is 2. The highest BCUT2D eigenvalue weighted by atomic mass is 35.5. The van der Waals surface area contributed by atoms with Gasteiger partial charge in [0.15, 0.2) is 0 Å². The van der Waals surface area contributed by atoms with Crippen LogP contribution in [0.25, 0.3) is 0 Å². The van der Waals surface area contributed by atoms with Crippen molar-refractivity contribution >= 4 is 23.6 Å². The van der Waals surface area contributed by atoms with E-state index >= 15 is 0 Å². The van der Waals surface area contributed by atoms with Crippen molar-refractivity contribution in [1.82, 2.24) is 15.6 Å². The van der Waals surface area contributed by atoms with E-state index in [1.165, 1.54) is 18.3 Å². The van der Waals surface area contributed by atoms with E-state index in [1.54, 1.807) is 37.3 Å². The van der Waals surface area contributed by atoms with E-state index in [2.05, 4.69) is 15.6 Å². The third kappa shape index (κ3) is 5.99. The number of hydrogen-bond acceptors (Lipinski definition) is 4. The van der Waals surface area contributed by atoms with Gasteiger partial charge in [-0.05, 0) is 66.6 Å². The number of nitrogens with one attached hydrogen (secondary N) is 2. The average molecular weight is 602 g/mol. The standard InChI is InChI=1S/C31H28ClF4N3O3/c1-2-42-28(40)26-19-8-9-20(12-19)27(26)38-29(41)39-30(16-18-6-4-3-5-7-18,25-11-10-23(32)17-37-25)21-13-22(31(34,35)36)15-24(33)14-21/h3-11,13-15,17,19-20,26-27H,2,12,16H2,1H3,(H2,38,39,41)/t19-,20+,26+,27-,30+/m0/s1.